The molecule has 7 heteroatoms. The van der Waals surface area contributed by atoms with Crippen LogP contribution in [-0.4, -0.2) is 11.1 Å². The van der Waals surface area contributed by atoms with E-state index < -0.39 is 12.6 Å². The van der Waals surface area contributed by atoms with Gasteiger partial charge in [0, 0.05) is 11.0 Å². The summed E-state index contributed by atoms with van der Waals surface area (Å²) in [6, 6.07) is 1.08. The average molecular weight is 170 g/mol. The minimum absolute atomic E-state index is 0.0773. The Bertz CT molecular complexity index is 341. The van der Waals surface area contributed by atoms with Crippen molar-refractivity contribution in [3.8, 4) is 0 Å². The molecule has 0 atom stereocenters. The van der Waals surface area contributed by atoms with Crippen LogP contribution in [0.4, 0.5) is 4.39 Å². The van der Waals surface area contributed by atoms with Gasteiger partial charge in [-0.05, 0) is 10.6 Å². The first-order chi connectivity index (χ1) is 5.77. The number of hydrogen-bond acceptors (Lipinski definition) is 3. The Labute approximate surface area is 65.6 Å². The van der Waals surface area contributed by atoms with Gasteiger partial charge in [-0.15, -0.1) is 0 Å². The lowest BCUT2D eigenvalue weighted by atomic mass is 10.4. The van der Waals surface area contributed by atoms with E-state index in [1.807, 2.05) is 0 Å². The van der Waals surface area contributed by atoms with Crippen LogP contribution in [0.25, 0.3) is 10.4 Å². The number of aromatic nitrogens is 1. The molecule has 1 aromatic heterocycles. The molecule has 0 aliphatic heterocycles. The van der Waals surface area contributed by atoms with Crippen LogP contribution >= 0.6 is 0 Å². The molecule has 62 valence electrons. The molecule has 0 unspecified atom stereocenters. The summed E-state index contributed by atoms with van der Waals surface area (Å²) in [4.78, 5) is 13.0. The quantitative estimate of drug-likeness (QED) is 0.383. The zero-order valence-corrected chi connectivity index (χ0v) is 5.77. The van der Waals surface area contributed by atoms with E-state index in [0.29, 0.717) is 0 Å². The fourth-order valence-corrected chi connectivity index (χ4v) is 0.569. The number of carbonyl (C=O) groups excluding carboxylic acids is 1. The Balaban J connectivity index is 2.88. The third-order valence-electron chi connectivity index (χ3n) is 1.05. The zero-order valence-electron chi connectivity index (χ0n) is 5.77. The standard InChI is InChI=1S/C5H3FN4O2/c6-2-3-1-4(9-12-3)5(11)8-10-7/h1H,2H2. The van der Waals surface area contributed by atoms with Crippen LogP contribution in [0.15, 0.2) is 15.7 Å². The number of nitrogens with zero attached hydrogens (tertiary/aromatic N) is 4. The van der Waals surface area contributed by atoms with E-state index in [9.17, 15) is 9.18 Å². The van der Waals surface area contributed by atoms with Gasteiger partial charge in [-0.1, -0.05) is 5.16 Å². The maximum atomic E-state index is 11.8. The lowest BCUT2D eigenvalue weighted by molar-refractivity contribution is 0.0991. The van der Waals surface area contributed by atoms with Crippen molar-refractivity contribution < 1.29 is 13.7 Å². The number of carbonyl (C=O) groups is 1. The first-order valence-electron chi connectivity index (χ1n) is 2.89. The molecule has 0 spiro atoms. The number of amides is 1. The number of hydrogen-bond donors (Lipinski definition) is 0. The zero-order chi connectivity index (χ0) is 8.97. The summed E-state index contributed by atoms with van der Waals surface area (Å²) >= 11 is 0. The molecular weight excluding hydrogens is 167 g/mol. The van der Waals surface area contributed by atoms with E-state index in [0.717, 1.165) is 6.07 Å². The molecule has 0 aromatic carbocycles. The van der Waals surface area contributed by atoms with E-state index >= 15 is 0 Å². The number of halogens is 1. The molecular formula is C5H3FN4O2. The van der Waals surface area contributed by atoms with Crippen molar-refractivity contribution in [1.82, 2.24) is 5.16 Å². The van der Waals surface area contributed by atoms with Gasteiger partial charge in [0.05, 0.1) is 0 Å². The van der Waals surface area contributed by atoms with Crippen LogP contribution in [0.2, 0.25) is 0 Å². The van der Waals surface area contributed by atoms with E-state index in [4.69, 9.17) is 5.53 Å². The van der Waals surface area contributed by atoms with Crippen molar-refractivity contribution in [1.29, 1.82) is 0 Å². The van der Waals surface area contributed by atoms with Gasteiger partial charge in [-0.25, -0.2) is 4.39 Å². The molecule has 1 rings (SSSR count). The minimum Gasteiger partial charge on any atom is -0.358 e. The molecule has 0 aliphatic carbocycles. The van der Waals surface area contributed by atoms with Gasteiger partial charge in [-0.2, -0.15) is 0 Å². The van der Waals surface area contributed by atoms with Crippen LogP contribution in [-0.2, 0) is 6.67 Å². The second-order valence-electron chi connectivity index (χ2n) is 1.81. The van der Waals surface area contributed by atoms with Crippen LogP contribution in [0.3, 0.4) is 0 Å². The summed E-state index contributed by atoms with van der Waals surface area (Å²) in [5.74, 6) is -0.965. The minimum atomic E-state index is -0.888. The van der Waals surface area contributed by atoms with E-state index in [-0.39, 0.29) is 11.5 Å². The highest BCUT2D eigenvalue weighted by atomic mass is 19.1. The highest BCUT2D eigenvalue weighted by molar-refractivity contribution is 5.92. The Hall–Kier alpha value is -1.88. The number of azide groups is 1. The number of rotatable bonds is 2. The van der Waals surface area contributed by atoms with Crippen molar-refractivity contribution in [2.75, 3.05) is 0 Å². The molecule has 1 aromatic rings. The number of alkyl halides is 1. The predicted octanol–water partition coefficient (Wildman–Crippen LogP) is 1.59. The fraction of sp³-hybridized carbons (Fsp3) is 0.200. The highest BCUT2D eigenvalue weighted by Gasteiger charge is 2.09. The van der Waals surface area contributed by atoms with Crippen LogP contribution in [0.5, 0.6) is 0 Å². The molecule has 0 saturated carbocycles. The van der Waals surface area contributed by atoms with Crippen molar-refractivity contribution >= 4 is 5.91 Å². The summed E-state index contributed by atoms with van der Waals surface area (Å²) < 4.78 is 16.2. The molecule has 0 saturated heterocycles. The van der Waals surface area contributed by atoms with Gasteiger partial charge in [-0.3, -0.25) is 4.79 Å². The maximum Gasteiger partial charge on any atom is 0.270 e. The Morgan fingerprint density at radius 3 is 3.17 bits per heavy atom. The Kier molecular flexibility index (Phi) is 2.39. The average Bonchev–Trinajstić information content (AvgIpc) is 2.52. The second kappa shape index (κ2) is 3.49. The van der Waals surface area contributed by atoms with E-state index in [2.05, 4.69) is 19.7 Å². The van der Waals surface area contributed by atoms with Gasteiger partial charge in [0.15, 0.2) is 11.5 Å². The van der Waals surface area contributed by atoms with Crippen molar-refractivity contribution in [2.24, 2.45) is 5.11 Å². The largest absolute Gasteiger partial charge is 0.358 e. The Morgan fingerprint density at radius 1 is 1.92 bits per heavy atom. The normalized spacial score (nSPS) is 9.08. The monoisotopic (exact) mass is 170 g/mol. The molecule has 0 bridgehead atoms. The second-order valence-corrected chi connectivity index (χ2v) is 1.81. The summed E-state index contributed by atoms with van der Waals surface area (Å²) in [5, 5.41) is 5.92. The van der Waals surface area contributed by atoms with E-state index in [1.165, 1.54) is 0 Å². The van der Waals surface area contributed by atoms with Crippen molar-refractivity contribution in [3.63, 3.8) is 0 Å². The highest BCUT2D eigenvalue weighted by Crippen LogP contribution is 2.05. The summed E-state index contributed by atoms with van der Waals surface area (Å²) in [5.41, 5.74) is 7.67. The molecule has 1 amide bonds. The van der Waals surface area contributed by atoms with Crippen LogP contribution in [0.1, 0.15) is 16.2 Å². The third kappa shape index (κ3) is 1.58. The van der Waals surface area contributed by atoms with Crippen molar-refractivity contribution in [2.45, 2.75) is 6.67 Å². The molecule has 0 N–H and O–H groups in total. The first-order valence-corrected chi connectivity index (χ1v) is 2.89. The molecule has 1 heterocycles. The Morgan fingerprint density at radius 2 is 2.67 bits per heavy atom. The lowest BCUT2D eigenvalue weighted by Gasteiger charge is -1.77. The van der Waals surface area contributed by atoms with Gasteiger partial charge in [0.2, 0.25) is 0 Å². The van der Waals surface area contributed by atoms with Crippen LogP contribution in [0, 0.1) is 0 Å². The lowest BCUT2D eigenvalue weighted by Crippen LogP contribution is -1.91. The van der Waals surface area contributed by atoms with E-state index in [1.54, 1.807) is 0 Å². The summed E-state index contributed by atoms with van der Waals surface area (Å²) in [7, 11) is 0. The summed E-state index contributed by atoms with van der Waals surface area (Å²) in [6.45, 7) is -0.851. The molecule has 0 aliphatic rings. The predicted molar refractivity (Wildman–Crippen MR) is 34.8 cm³/mol. The van der Waals surface area contributed by atoms with Gasteiger partial charge in [0.25, 0.3) is 5.91 Å². The fourth-order valence-electron chi connectivity index (χ4n) is 0.569. The molecule has 0 fully saturated rings. The molecule has 12 heavy (non-hydrogen) atoms. The van der Waals surface area contributed by atoms with Gasteiger partial charge in [0.1, 0.15) is 6.67 Å². The third-order valence-corrected chi connectivity index (χ3v) is 1.05. The maximum absolute atomic E-state index is 11.8. The van der Waals surface area contributed by atoms with Crippen molar-refractivity contribution in [3.05, 3.63) is 28.0 Å². The van der Waals surface area contributed by atoms with Crippen LogP contribution < -0.4 is 0 Å². The van der Waals surface area contributed by atoms with Gasteiger partial charge < -0.3 is 4.52 Å². The smallest absolute Gasteiger partial charge is 0.270 e. The SMILES string of the molecule is [N-]=[N+]=NC(=O)c1cc(CF)on1. The first kappa shape index (κ1) is 8.22. The van der Waals surface area contributed by atoms with Gasteiger partial charge >= 0.3 is 0 Å². The summed E-state index contributed by atoms with van der Waals surface area (Å²) in [6.07, 6.45) is 0. The molecule has 6 nitrogen and oxygen atoms in total. The molecule has 0 radical (unpaired) electrons. The topological polar surface area (TPSA) is 91.9 Å².